The summed E-state index contributed by atoms with van der Waals surface area (Å²) in [5, 5.41) is 2.48. The van der Waals surface area contributed by atoms with E-state index in [4.69, 9.17) is 18.9 Å². The Morgan fingerprint density at radius 2 is 1.33 bits per heavy atom. The maximum Gasteiger partial charge on any atom is 0.514 e. The zero-order valence-corrected chi connectivity index (χ0v) is 18.8. The Hall–Kier alpha value is -3.80. The molecule has 0 saturated carbocycles. The van der Waals surface area contributed by atoms with E-state index in [1.807, 2.05) is 30.3 Å². The molecule has 0 fully saturated rings. The molecule has 0 unspecified atom stereocenters. The molecule has 0 spiro atoms. The van der Waals surface area contributed by atoms with Gasteiger partial charge >= 0.3 is 12.3 Å². The van der Waals surface area contributed by atoms with Gasteiger partial charge in [0.1, 0.15) is 24.7 Å². The summed E-state index contributed by atoms with van der Waals surface area (Å²) in [7, 11) is 0. The minimum Gasteiger partial charge on any atom is -0.430 e. The molecule has 33 heavy (non-hydrogen) atoms. The van der Waals surface area contributed by atoms with Crippen molar-refractivity contribution >= 4 is 33.9 Å². The number of benzene rings is 3. The molecule has 3 aromatic rings. The van der Waals surface area contributed by atoms with Gasteiger partial charge in [-0.2, -0.15) is 0 Å². The Kier molecular flexibility index (Phi) is 8.47. The molecule has 0 radical (unpaired) electrons. The average Bonchev–Trinajstić information content (AvgIpc) is 2.83. The number of hydrogen-bond donors (Lipinski definition) is 0. The number of unbranched alkanes of at least 4 members (excludes halogenated alkanes) is 2. The van der Waals surface area contributed by atoms with Crippen LogP contribution in [0.15, 0.2) is 67.8 Å². The lowest BCUT2D eigenvalue weighted by molar-refractivity contribution is 0.109. The maximum absolute atomic E-state index is 12.3. The molecule has 0 heterocycles. The molecule has 3 rings (SSSR count). The first-order valence-electron chi connectivity index (χ1n) is 11.0. The van der Waals surface area contributed by atoms with Crippen LogP contribution in [-0.4, -0.2) is 25.5 Å². The molecule has 6 heteroatoms. The fraction of sp³-hybridized carbons (Fsp3) is 0.259. The van der Waals surface area contributed by atoms with Crippen molar-refractivity contribution in [2.45, 2.75) is 32.6 Å². The smallest absolute Gasteiger partial charge is 0.430 e. The second-order valence-corrected chi connectivity index (χ2v) is 7.44. The Bertz CT molecular complexity index is 1160. The van der Waals surface area contributed by atoms with Gasteiger partial charge in [0, 0.05) is 21.5 Å². The fourth-order valence-corrected chi connectivity index (χ4v) is 3.58. The van der Waals surface area contributed by atoms with Gasteiger partial charge in [-0.25, -0.2) is 9.59 Å². The Morgan fingerprint density at radius 3 is 1.88 bits per heavy atom. The van der Waals surface area contributed by atoms with Crippen LogP contribution < -0.4 is 9.47 Å². The summed E-state index contributed by atoms with van der Waals surface area (Å²) in [6.07, 6.45) is 5.42. The molecule has 0 bridgehead atoms. The zero-order chi connectivity index (χ0) is 23.6. The first-order valence-corrected chi connectivity index (χ1v) is 11.0. The fourth-order valence-electron chi connectivity index (χ4n) is 3.58. The van der Waals surface area contributed by atoms with E-state index >= 15 is 0 Å². The first kappa shape index (κ1) is 23.9. The lowest BCUT2D eigenvalue weighted by atomic mass is 9.97. The summed E-state index contributed by atoms with van der Waals surface area (Å²) in [6.45, 7) is 9.31. The molecule has 0 atom stereocenters. The van der Waals surface area contributed by atoms with Gasteiger partial charge in [-0.15, -0.1) is 0 Å². The lowest BCUT2D eigenvalue weighted by Crippen LogP contribution is -2.13. The normalized spacial score (nSPS) is 10.6. The average molecular weight is 449 g/mol. The van der Waals surface area contributed by atoms with E-state index in [9.17, 15) is 9.59 Å². The molecule has 6 nitrogen and oxygen atoms in total. The van der Waals surface area contributed by atoms with E-state index in [0.717, 1.165) is 31.2 Å². The van der Waals surface area contributed by atoms with Crippen LogP contribution in [0.5, 0.6) is 11.5 Å². The molecule has 0 aromatic heterocycles. The van der Waals surface area contributed by atoms with Crippen molar-refractivity contribution in [3.05, 3.63) is 73.3 Å². The highest BCUT2D eigenvalue weighted by Gasteiger charge is 2.21. The minimum atomic E-state index is -0.840. The second kappa shape index (κ2) is 11.7. The number of carbonyl (C=O) groups excluding carboxylic acids is 2. The van der Waals surface area contributed by atoms with Crippen molar-refractivity contribution in [3.8, 4) is 11.5 Å². The molecule has 172 valence electrons. The van der Waals surface area contributed by atoms with Crippen LogP contribution in [0.2, 0.25) is 0 Å². The van der Waals surface area contributed by atoms with Crippen LogP contribution in [0.4, 0.5) is 9.59 Å². The minimum absolute atomic E-state index is 0.0343. The van der Waals surface area contributed by atoms with Gasteiger partial charge in [-0.1, -0.05) is 81.5 Å². The monoisotopic (exact) mass is 448 g/mol. The van der Waals surface area contributed by atoms with E-state index in [1.54, 1.807) is 12.1 Å². The van der Waals surface area contributed by atoms with Gasteiger partial charge in [0.25, 0.3) is 0 Å². The maximum atomic E-state index is 12.3. The van der Waals surface area contributed by atoms with Crippen LogP contribution in [0.25, 0.3) is 21.5 Å². The predicted octanol–water partition coefficient (Wildman–Crippen LogP) is 7.13. The largest absolute Gasteiger partial charge is 0.514 e. The van der Waals surface area contributed by atoms with Gasteiger partial charge in [0.2, 0.25) is 0 Å². The van der Waals surface area contributed by atoms with Crippen molar-refractivity contribution in [1.29, 1.82) is 0 Å². The molecule has 0 aliphatic rings. The summed E-state index contributed by atoms with van der Waals surface area (Å²) in [5.41, 5.74) is 1.09. The third-order valence-electron chi connectivity index (χ3n) is 5.07. The molecule has 0 aliphatic carbocycles. The number of hydrogen-bond acceptors (Lipinski definition) is 6. The number of ether oxygens (including phenoxy) is 4. The van der Waals surface area contributed by atoms with E-state index < -0.39 is 12.3 Å². The van der Waals surface area contributed by atoms with Gasteiger partial charge in [0.15, 0.2) is 0 Å². The summed E-state index contributed by atoms with van der Waals surface area (Å²) in [5.74, 6) is 0.681. The van der Waals surface area contributed by atoms with Crippen LogP contribution in [0.3, 0.4) is 0 Å². The van der Waals surface area contributed by atoms with Crippen LogP contribution in [-0.2, 0) is 15.9 Å². The summed E-state index contributed by atoms with van der Waals surface area (Å²) in [4.78, 5) is 24.6. The predicted molar refractivity (Wildman–Crippen MR) is 129 cm³/mol. The van der Waals surface area contributed by atoms with Crippen LogP contribution >= 0.6 is 0 Å². The molecule has 0 aliphatic heterocycles. The summed E-state index contributed by atoms with van der Waals surface area (Å²) in [6, 6.07) is 13.1. The zero-order valence-electron chi connectivity index (χ0n) is 18.8. The van der Waals surface area contributed by atoms with Crippen molar-refractivity contribution in [2.24, 2.45) is 0 Å². The SMILES string of the molecule is C=CCOC(=O)Oc1c2ccccc2c(OC(=O)OCC=C)c2cc(CCCCC)ccc12. The van der Waals surface area contributed by atoms with Crippen molar-refractivity contribution in [2.75, 3.05) is 13.2 Å². The number of fused-ring (bicyclic) bond motifs is 2. The van der Waals surface area contributed by atoms with Crippen molar-refractivity contribution < 1.29 is 28.5 Å². The molecule has 0 N–H and O–H groups in total. The summed E-state index contributed by atoms with van der Waals surface area (Å²) >= 11 is 0. The summed E-state index contributed by atoms with van der Waals surface area (Å²) < 4.78 is 21.3. The quantitative estimate of drug-likeness (QED) is 0.108. The van der Waals surface area contributed by atoms with Gasteiger partial charge < -0.3 is 18.9 Å². The molecular weight excluding hydrogens is 420 g/mol. The Labute approximate surface area is 193 Å². The Morgan fingerprint density at radius 1 is 0.788 bits per heavy atom. The van der Waals surface area contributed by atoms with E-state index in [1.165, 1.54) is 12.2 Å². The Balaban J connectivity index is 2.17. The first-order chi connectivity index (χ1) is 16.1. The van der Waals surface area contributed by atoms with Gasteiger partial charge in [-0.3, -0.25) is 0 Å². The van der Waals surface area contributed by atoms with Crippen molar-refractivity contribution in [3.63, 3.8) is 0 Å². The third-order valence-corrected chi connectivity index (χ3v) is 5.07. The van der Waals surface area contributed by atoms with Crippen molar-refractivity contribution in [1.82, 2.24) is 0 Å². The molecule has 0 saturated heterocycles. The van der Waals surface area contributed by atoms with Gasteiger partial charge in [-0.05, 0) is 24.5 Å². The third kappa shape index (κ3) is 5.92. The molecule has 3 aromatic carbocycles. The van der Waals surface area contributed by atoms with E-state index in [0.29, 0.717) is 33.0 Å². The van der Waals surface area contributed by atoms with E-state index in [2.05, 4.69) is 20.1 Å². The highest BCUT2D eigenvalue weighted by Crippen LogP contribution is 2.43. The number of aryl methyl sites for hydroxylation is 1. The topological polar surface area (TPSA) is 71.1 Å². The lowest BCUT2D eigenvalue weighted by Gasteiger charge is -2.17. The van der Waals surface area contributed by atoms with E-state index in [-0.39, 0.29) is 13.2 Å². The van der Waals surface area contributed by atoms with Crippen LogP contribution in [0.1, 0.15) is 31.7 Å². The number of rotatable bonds is 10. The standard InChI is InChI=1S/C27H28O6/c1-4-7-8-11-19-14-15-22-23(18-19)25(33-27(29)31-17-6-3)21-13-10-9-12-20(21)24(22)32-26(28)30-16-5-2/h5-6,9-10,12-15,18H,2-4,7-8,11,16-17H2,1H3. The second-order valence-electron chi connectivity index (χ2n) is 7.44. The van der Waals surface area contributed by atoms with Gasteiger partial charge in [0.05, 0.1) is 0 Å². The highest BCUT2D eigenvalue weighted by atomic mass is 16.7. The molecular formula is C27H28O6. The van der Waals surface area contributed by atoms with Crippen LogP contribution in [0, 0.1) is 0 Å². The number of carbonyl (C=O) groups is 2. The highest BCUT2D eigenvalue weighted by molar-refractivity contribution is 6.12. The molecule has 0 amide bonds.